The van der Waals surface area contributed by atoms with E-state index in [9.17, 15) is 9.59 Å². The first kappa shape index (κ1) is 15.0. The van der Waals surface area contributed by atoms with Gasteiger partial charge in [-0.3, -0.25) is 9.59 Å². The molecule has 1 saturated carbocycles. The van der Waals surface area contributed by atoms with Gasteiger partial charge in [0.15, 0.2) is 0 Å². The molecule has 0 unspecified atom stereocenters. The van der Waals surface area contributed by atoms with Crippen LogP contribution in [-0.4, -0.2) is 37.4 Å². The van der Waals surface area contributed by atoms with Crippen molar-refractivity contribution < 1.29 is 9.59 Å². The van der Waals surface area contributed by atoms with Crippen molar-refractivity contribution in [2.45, 2.75) is 32.5 Å². The number of amides is 2. The third-order valence-electron chi connectivity index (χ3n) is 4.79. The minimum Gasteiger partial charge on any atom is -0.350 e. The number of hydrogen-bond acceptors (Lipinski definition) is 3. The zero-order chi connectivity index (χ0) is 16.7. The summed E-state index contributed by atoms with van der Waals surface area (Å²) in [5.41, 5.74) is 1.69. The molecule has 0 aromatic carbocycles. The van der Waals surface area contributed by atoms with Crippen LogP contribution < -0.4 is 5.32 Å². The molecule has 1 N–H and O–H groups in total. The van der Waals surface area contributed by atoms with Crippen molar-refractivity contribution in [2.75, 3.05) is 6.54 Å². The molecule has 0 bridgehead atoms. The van der Waals surface area contributed by atoms with Crippen LogP contribution in [0.15, 0.2) is 24.5 Å². The van der Waals surface area contributed by atoms with Crippen LogP contribution in [0.1, 0.15) is 34.8 Å². The maximum absolute atomic E-state index is 12.6. The molecule has 1 aliphatic heterocycles. The van der Waals surface area contributed by atoms with Gasteiger partial charge in [-0.25, -0.2) is 4.98 Å². The summed E-state index contributed by atoms with van der Waals surface area (Å²) < 4.78 is 3.95. The number of aromatic nitrogens is 3. The van der Waals surface area contributed by atoms with E-state index in [1.54, 1.807) is 6.20 Å². The van der Waals surface area contributed by atoms with Crippen LogP contribution in [0.3, 0.4) is 0 Å². The average molecular weight is 327 g/mol. The molecule has 7 nitrogen and oxygen atoms in total. The van der Waals surface area contributed by atoms with E-state index in [2.05, 4.69) is 14.9 Å². The highest BCUT2D eigenvalue weighted by atomic mass is 16.2. The maximum atomic E-state index is 12.6. The monoisotopic (exact) mass is 327 g/mol. The van der Waals surface area contributed by atoms with Crippen LogP contribution in [-0.2, 0) is 31.5 Å². The molecule has 0 spiro atoms. The molecule has 1 aliphatic carbocycles. The maximum Gasteiger partial charge on any atom is 0.270 e. The minimum absolute atomic E-state index is 0.0281. The molecule has 24 heavy (non-hydrogen) atoms. The molecule has 4 rings (SSSR count). The normalized spacial score (nSPS) is 16.8. The summed E-state index contributed by atoms with van der Waals surface area (Å²) in [6.07, 6.45) is 5.69. The molecule has 3 heterocycles. The van der Waals surface area contributed by atoms with E-state index < -0.39 is 0 Å². The van der Waals surface area contributed by atoms with E-state index in [1.807, 2.05) is 34.8 Å². The van der Waals surface area contributed by atoms with Crippen LogP contribution in [0, 0.1) is 5.92 Å². The van der Waals surface area contributed by atoms with E-state index in [-0.39, 0.29) is 17.7 Å². The van der Waals surface area contributed by atoms with Gasteiger partial charge in [0.1, 0.15) is 11.5 Å². The number of imidazole rings is 1. The lowest BCUT2D eigenvalue weighted by molar-refractivity contribution is -0.122. The molecule has 1 fully saturated rings. The van der Waals surface area contributed by atoms with E-state index in [0.717, 1.165) is 24.4 Å². The van der Waals surface area contributed by atoms with Gasteiger partial charge in [0.25, 0.3) is 5.91 Å². The Kier molecular flexibility index (Phi) is 3.63. The van der Waals surface area contributed by atoms with Gasteiger partial charge >= 0.3 is 0 Å². The Bertz CT molecular complexity index is 787. The number of nitrogens with zero attached hydrogens (tertiary/aromatic N) is 4. The largest absolute Gasteiger partial charge is 0.350 e. The number of carbonyl (C=O) groups excluding carboxylic acids is 2. The SMILES string of the molecule is Cn1cccc1C(=O)N1CCn2c(CNC(=O)C3CC3)cnc2C1. The molecule has 2 aromatic rings. The lowest BCUT2D eigenvalue weighted by Crippen LogP contribution is -2.39. The number of carbonyl (C=O) groups is 2. The van der Waals surface area contributed by atoms with Gasteiger partial charge in [-0.15, -0.1) is 0 Å². The Labute approximate surface area is 140 Å². The Morgan fingerprint density at radius 2 is 2.17 bits per heavy atom. The Morgan fingerprint density at radius 3 is 2.88 bits per heavy atom. The second-order valence-corrected chi connectivity index (χ2v) is 6.54. The second kappa shape index (κ2) is 5.81. The first-order valence-corrected chi connectivity index (χ1v) is 8.35. The lowest BCUT2D eigenvalue weighted by atomic mass is 10.3. The summed E-state index contributed by atoms with van der Waals surface area (Å²) in [4.78, 5) is 30.6. The van der Waals surface area contributed by atoms with Crippen molar-refractivity contribution in [3.05, 3.63) is 41.7 Å². The predicted molar refractivity (Wildman–Crippen MR) is 87.0 cm³/mol. The Hall–Kier alpha value is -2.57. The van der Waals surface area contributed by atoms with Crippen molar-refractivity contribution >= 4 is 11.8 Å². The molecular formula is C17H21N5O2. The topological polar surface area (TPSA) is 72.2 Å². The fraction of sp³-hybridized carbons (Fsp3) is 0.471. The summed E-state index contributed by atoms with van der Waals surface area (Å²) >= 11 is 0. The number of aryl methyl sites for hydroxylation is 1. The van der Waals surface area contributed by atoms with Crippen molar-refractivity contribution in [2.24, 2.45) is 13.0 Å². The van der Waals surface area contributed by atoms with Gasteiger partial charge in [-0.05, 0) is 25.0 Å². The van der Waals surface area contributed by atoms with Gasteiger partial charge in [0.2, 0.25) is 5.91 Å². The van der Waals surface area contributed by atoms with Gasteiger partial charge in [-0.2, -0.15) is 0 Å². The van der Waals surface area contributed by atoms with Crippen LogP contribution in [0.25, 0.3) is 0 Å². The quantitative estimate of drug-likeness (QED) is 0.907. The summed E-state index contributed by atoms with van der Waals surface area (Å²) in [5, 5.41) is 2.98. The second-order valence-electron chi connectivity index (χ2n) is 6.54. The molecule has 2 aliphatic rings. The average Bonchev–Trinajstić information content (AvgIpc) is 3.24. The predicted octanol–water partition coefficient (Wildman–Crippen LogP) is 0.904. The van der Waals surface area contributed by atoms with Crippen LogP contribution >= 0.6 is 0 Å². The number of hydrogen-bond donors (Lipinski definition) is 1. The highest BCUT2D eigenvalue weighted by molar-refractivity contribution is 5.92. The van der Waals surface area contributed by atoms with Crippen LogP contribution in [0.4, 0.5) is 0 Å². The smallest absolute Gasteiger partial charge is 0.270 e. The van der Waals surface area contributed by atoms with Crippen molar-refractivity contribution in [1.29, 1.82) is 0 Å². The zero-order valence-corrected chi connectivity index (χ0v) is 13.7. The summed E-state index contributed by atoms with van der Waals surface area (Å²) in [7, 11) is 1.87. The van der Waals surface area contributed by atoms with Gasteiger partial charge in [0.05, 0.1) is 25.0 Å². The molecule has 2 aromatic heterocycles. The van der Waals surface area contributed by atoms with Gasteiger partial charge in [0, 0.05) is 32.3 Å². The van der Waals surface area contributed by atoms with Gasteiger partial charge in [-0.1, -0.05) is 0 Å². The molecule has 0 saturated heterocycles. The highest BCUT2D eigenvalue weighted by Crippen LogP contribution is 2.28. The summed E-state index contributed by atoms with van der Waals surface area (Å²) in [5.74, 6) is 1.26. The van der Waals surface area contributed by atoms with Crippen molar-refractivity contribution in [1.82, 2.24) is 24.3 Å². The van der Waals surface area contributed by atoms with E-state index in [0.29, 0.717) is 31.9 Å². The zero-order valence-electron chi connectivity index (χ0n) is 13.7. The number of rotatable bonds is 4. The fourth-order valence-corrected chi connectivity index (χ4v) is 3.15. The Morgan fingerprint density at radius 1 is 1.33 bits per heavy atom. The molecule has 126 valence electrons. The third kappa shape index (κ3) is 2.70. The first-order valence-electron chi connectivity index (χ1n) is 8.35. The molecular weight excluding hydrogens is 306 g/mol. The fourth-order valence-electron chi connectivity index (χ4n) is 3.15. The van der Waals surface area contributed by atoms with Gasteiger partial charge < -0.3 is 19.4 Å². The first-order chi connectivity index (χ1) is 11.6. The molecule has 2 amide bonds. The van der Waals surface area contributed by atoms with Crippen molar-refractivity contribution in [3.63, 3.8) is 0 Å². The summed E-state index contributed by atoms with van der Waals surface area (Å²) in [6, 6.07) is 3.71. The lowest BCUT2D eigenvalue weighted by Gasteiger charge is -2.28. The Balaban J connectivity index is 1.43. The minimum atomic E-state index is 0.0281. The third-order valence-corrected chi connectivity index (χ3v) is 4.79. The number of nitrogens with one attached hydrogen (secondary N) is 1. The molecule has 0 atom stereocenters. The van der Waals surface area contributed by atoms with Crippen LogP contribution in [0.2, 0.25) is 0 Å². The van der Waals surface area contributed by atoms with E-state index in [4.69, 9.17) is 0 Å². The molecule has 0 radical (unpaired) electrons. The summed E-state index contributed by atoms with van der Waals surface area (Å²) in [6.45, 7) is 2.37. The number of fused-ring (bicyclic) bond motifs is 1. The van der Waals surface area contributed by atoms with Crippen molar-refractivity contribution in [3.8, 4) is 0 Å². The highest BCUT2D eigenvalue weighted by Gasteiger charge is 2.30. The van der Waals surface area contributed by atoms with Crippen LogP contribution in [0.5, 0.6) is 0 Å². The molecule has 7 heteroatoms. The van der Waals surface area contributed by atoms with E-state index in [1.165, 1.54) is 0 Å². The van der Waals surface area contributed by atoms with E-state index >= 15 is 0 Å². The standard InChI is InChI=1S/C17H21N5O2/c1-20-6-2-3-14(20)17(24)21-7-8-22-13(9-18-15(22)11-21)10-19-16(23)12-4-5-12/h2-3,6,9,12H,4-5,7-8,10-11H2,1H3,(H,19,23).